The summed E-state index contributed by atoms with van der Waals surface area (Å²) in [6.45, 7) is 0. The molecule has 0 aliphatic heterocycles. The van der Waals surface area contributed by atoms with Crippen molar-refractivity contribution in [3.8, 4) is 10.4 Å². The van der Waals surface area contributed by atoms with Crippen molar-refractivity contribution in [3.05, 3.63) is 48.0 Å². The van der Waals surface area contributed by atoms with Gasteiger partial charge < -0.3 is 0 Å². The van der Waals surface area contributed by atoms with Crippen LogP contribution in [0.25, 0.3) is 21.3 Å². The summed E-state index contributed by atoms with van der Waals surface area (Å²) in [5.41, 5.74) is 2.11. The fourth-order valence-corrected chi connectivity index (χ4v) is 2.39. The monoisotopic (exact) mass is 212 g/mol. The van der Waals surface area contributed by atoms with Crippen molar-refractivity contribution in [2.45, 2.75) is 0 Å². The molecule has 0 radical (unpaired) electrons. The maximum absolute atomic E-state index is 4.11. The summed E-state index contributed by atoms with van der Waals surface area (Å²) in [5, 5.41) is 11.4. The number of thiophene rings is 1. The minimum atomic E-state index is 0.948. The van der Waals surface area contributed by atoms with E-state index in [1.807, 2.05) is 24.4 Å². The molecule has 3 rings (SSSR count). The highest BCUT2D eigenvalue weighted by atomic mass is 32.1. The minimum absolute atomic E-state index is 0.948. The van der Waals surface area contributed by atoms with Gasteiger partial charge in [0, 0.05) is 15.8 Å². The Morgan fingerprint density at radius 2 is 1.93 bits per heavy atom. The Bertz CT molecular complexity index is 582. The van der Waals surface area contributed by atoms with Gasteiger partial charge in [-0.1, -0.05) is 24.3 Å². The fraction of sp³-hybridized carbons (Fsp3) is 0. The molecular formula is C12H8N2S. The third-order valence-corrected chi connectivity index (χ3v) is 3.24. The summed E-state index contributed by atoms with van der Waals surface area (Å²) in [5.74, 6) is 0. The summed E-state index contributed by atoms with van der Waals surface area (Å²) in [7, 11) is 0. The van der Waals surface area contributed by atoms with Gasteiger partial charge in [-0.3, -0.25) is 0 Å². The predicted octanol–water partition coefficient (Wildman–Crippen LogP) is 3.36. The third kappa shape index (κ3) is 1.41. The molecule has 0 saturated carbocycles. The molecule has 1 aromatic carbocycles. The molecule has 0 unspecified atom stereocenters. The van der Waals surface area contributed by atoms with Crippen molar-refractivity contribution in [2.24, 2.45) is 0 Å². The molecule has 0 fully saturated rings. The van der Waals surface area contributed by atoms with E-state index >= 15 is 0 Å². The van der Waals surface area contributed by atoms with E-state index in [1.165, 1.54) is 4.88 Å². The van der Waals surface area contributed by atoms with Crippen molar-refractivity contribution in [1.82, 2.24) is 10.2 Å². The van der Waals surface area contributed by atoms with E-state index < -0.39 is 0 Å². The smallest absolute Gasteiger partial charge is 0.0936 e. The normalized spacial score (nSPS) is 10.7. The van der Waals surface area contributed by atoms with Crippen LogP contribution < -0.4 is 0 Å². The summed E-state index contributed by atoms with van der Waals surface area (Å²) in [6, 6.07) is 12.2. The van der Waals surface area contributed by atoms with E-state index in [9.17, 15) is 0 Å². The van der Waals surface area contributed by atoms with E-state index in [-0.39, 0.29) is 0 Å². The van der Waals surface area contributed by atoms with Crippen molar-refractivity contribution in [2.75, 3.05) is 0 Å². The number of aromatic nitrogens is 2. The lowest BCUT2D eigenvalue weighted by molar-refractivity contribution is 1.08. The van der Waals surface area contributed by atoms with Crippen LogP contribution in [0.5, 0.6) is 0 Å². The molecular weight excluding hydrogens is 204 g/mol. The number of nitrogens with zero attached hydrogens (tertiary/aromatic N) is 2. The zero-order valence-electron chi connectivity index (χ0n) is 7.92. The van der Waals surface area contributed by atoms with Crippen LogP contribution in [0.4, 0.5) is 0 Å². The molecule has 0 aliphatic carbocycles. The van der Waals surface area contributed by atoms with Gasteiger partial charge in [-0.05, 0) is 17.5 Å². The Morgan fingerprint density at radius 1 is 1.00 bits per heavy atom. The zero-order valence-corrected chi connectivity index (χ0v) is 8.74. The van der Waals surface area contributed by atoms with Gasteiger partial charge in [-0.2, -0.15) is 10.2 Å². The first-order valence-electron chi connectivity index (χ1n) is 4.69. The Labute approximate surface area is 91.2 Å². The van der Waals surface area contributed by atoms with E-state index in [0.29, 0.717) is 0 Å². The van der Waals surface area contributed by atoms with Gasteiger partial charge >= 0.3 is 0 Å². The van der Waals surface area contributed by atoms with Gasteiger partial charge in [0.25, 0.3) is 0 Å². The van der Waals surface area contributed by atoms with Gasteiger partial charge in [0.15, 0.2) is 0 Å². The van der Waals surface area contributed by atoms with Crippen LogP contribution in [0.3, 0.4) is 0 Å². The highest BCUT2D eigenvalue weighted by Crippen LogP contribution is 2.29. The molecule has 0 spiro atoms. The third-order valence-electron chi connectivity index (χ3n) is 2.33. The molecule has 0 aliphatic rings. The second kappa shape index (κ2) is 3.44. The van der Waals surface area contributed by atoms with Crippen molar-refractivity contribution in [1.29, 1.82) is 0 Å². The van der Waals surface area contributed by atoms with Gasteiger partial charge in [-0.25, -0.2) is 0 Å². The highest BCUT2D eigenvalue weighted by Gasteiger charge is 2.04. The van der Waals surface area contributed by atoms with Gasteiger partial charge in [0.05, 0.1) is 11.7 Å². The molecule has 0 atom stereocenters. The molecule has 3 heteroatoms. The molecule has 0 amide bonds. The number of fused-ring (bicyclic) bond motifs is 1. The molecule has 0 saturated heterocycles. The van der Waals surface area contributed by atoms with Crippen LogP contribution in [0.2, 0.25) is 0 Å². The molecule has 2 nitrogen and oxygen atoms in total. The molecule has 2 aromatic heterocycles. The number of rotatable bonds is 1. The van der Waals surface area contributed by atoms with Gasteiger partial charge in [0.1, 0.15) is 0 Å². The Hall–Kier alpha value is -1.74. The second-order valence-electron chi connectivity index (χ2n) is 3.25. The molecule has 15 heavy (non-hydrogen) atoms. The highest BCUT2D eigenvalue weighted by molar-refractivity contribution is 7.13. The predicted molar refractivity (Wildman–Crippen MR) is 62.9 cm³/mol. The molecule has 0 N–H and O–H groups in total. The van der Waals surface area contributed by atoms with E-state index in [1.54, 1.807) is 11.3 Å². The van der Waals surface area contributed by atoms with E-state index in [2.05, 4.69) is 33.8 Å². The van der Waals surface area contributed by atoms with E-state index in [4.69, 9.17) is 0 Å². The standard InChI is InChI=1S/C12H8N2S/c1-2-5-11-9(4-1)10(8-13-14-11)12-6-3-7-15-12/h1-8H. The van der Waals surface area contributed by atoms with Crippen LogP contribution in [0.15, 0.2) is 48.0 Å². The summed E-state index contributed by atoms with van der Waals surface area (Å²) in [6.07, 6.45) is 1.83. The Balaban J connectivity index is 2.36. The quantitative estimate of drug-likeness (QED) is 0.618. The molecule has 2 heterocycles. The summed E-state index contributed by atoms with van der Waals surface area (Å²) >= 11 is 1.72. The summed E-state index contributed by atoms with van der Waals surface area (Å²) < 4.78 is 0. The Kier molecular flexibility index (Phi) is 1.96. The maximum Gasteiger partial charge on any atom is 0.0936 e. The van der Waals surface area contributed by atoms with E-state index in [0.717, 1.165) is 16.5 Å². The SMILES string of the molecule is c1csc(-c2cnnc3ccccc23)c1. The molecule has 3 aromatic rings. The first-order chi connectivity index (χ1) is 7.45. The van der Waals surface area contributed by atoms with Crippen molar-refractivity contribution in [3.63, 3.8) is 0 Å². The van der Waals surface area contributed by atoms with Gasteiger partial charge in [0.2, 0.25) is 0 Å². The molecule has 72 valence electrons. The lowest BCUT2D eigenvalue weighted by atomic mass is 10.1. The lowest BCUT2D eigenvalue weighted by Gasteiger charge is -2.01. The first-order valence-corrected chi connectivity index (χ1v) is 5.57. The van der Waals surface area contributed by atoms with Crippen LogP contribution in [-0.2, 0) is 0 Å². The van der Waals surface area contributed by atoms with Crippen LogP contribution in [0, 0.1) is 0 Å². The lowest BCUT2D eigenvalue weighted by Crippen LogP contribution is -1.85. The number of hydrogen-bond donors (Lipinski definition) is 0. The average molecular weight is 212 g/mol. The van der Waals surface area contributed by atoms with Crippen molar-refractivity contribution >= 4 is 22.2 Å². The van der Waals surface area contributed by atoms with Gasteiger partial charge in [-0.15, -0.1) is 11.3 Å². The average Bonchev–Trinajstić information content (AvgIpc) is 2.82. The topological polar surface area (TPSA) is 25.8 Å². The number of benzene rings is 1. The minimum Gasteiger partial charge on any atom is -0.158 e. The summed E-state index contributed by atoms with van der Waals surface area (Å²) in [4.78, 5) is 1.24. The zero-order chi connectivity index (χ0) is 10.1. The van der Waals surface area contributed by atoms with Crippen LogP contribution in [-0.4, -0.2) is 10.2 Å². The fourth-order valence-electron chi connectivity index (χ4n) is 1.64. The van der Waals surface area contributed by atoms with Crippen molar-refractivity contribution < 1.29 is 0 Å². The molecule has 0 bridgehead atoms. The number of hydrogen-bond acceptors (Lipinski definition) is 3. The maximum atomic E-state index is 4.11. The van der Waals surface area contributed by atoms with Crippen LogP contribution >= 0.6 is 11.3 Å². The van der Waals surface area contributed by atoms with Crippen LogP contribution in [0.1, 0.15) is 0 Å². The first kappa shape index (κ1) is 8.56. The largest absolute Gasteiger partial charge is 0.158 e. The second-order valence-corrected chi connectivity index (χ2v) is 4.20. The Morgan fingerprint density at radius 3 is 2.80 bits per heavy atom.